The molecule has 3 heterocycles. The minimum absolute atomic E-state index is 0.166. The van der Waals surface area contributed by atoms with Gasteiger partial charge in [-0.05, 0) is 26.0 Å². The maximum absolute atomic E-state index is 14.3. The van der Waals surface area contributed by atoms with Gasteiger partial charge in [0.1, 0.15) is 11.3 Å². The molecule has 1 atom stereocenters. The molecule has 0 aliphatic carbocycles. The Morgan fingerprint density at radius 1 is 1.45 bits per heavy atom. The number of hydrogen-bond donors (Lipinski definition) is 1. The average Bonchev–Trinajstić information content (AvgIpc) is 2.49. The molecule has 8 heteroatoms. The largest absolute Gasteiger partial charge is 0.388 e. The number of rotatable bonds is 2. The van der Waals surface area contributed by atoms with Gasteiger partial charge in [0.15, 0.2) is 16.1 Å². The zero-order valence-corrected chi connectivity index (χ0v) is 13.9. The summed E-state index contributed by atoms with van der Waals surface area (Å²) in [5, 5.41) is 11.1. The zero-order valence-electron chi connectivity index (χ0n) is 12.3. The second kappa shape index (κ2) is 5.79. The van der Waals surface area contributed by atoms with E-state index in [2.05, 4.69) is 15.0 Å². The van der Waals surface area contributed by atoms with Crippen molar-refractivity contribution in [2.75, 3.05) is 24.2 Å². The lowest BCUT2D eigenvalue weighted by atomic mass is 9.95. The van der Waals surface area contributed by atoms with Crippen molar-refractivity contribution in [2.45, 2.75) is 30.5 Å². The van der Waals surface area contributed by atoms with Crippen LogP contribution in [0.5, 0.6) is 0 Å². The number of anilines is 1. The highest BCUT2D eigenvalue weighted by Gasteiger charge is 2.30. The number of aromatic nitrogens is 3. The maximum atomic E-state index is 14.3. The van der Waals surface area contributed by atoms with Crippen molar-refractivity contribution in [3.8, 4) is 0 Å². The molecule has 0 spiro atoms. The standard InChI is InChI=1S/C14H16ClFN4OS/c1-14(21)4-3-5-20(7-14)12-8-6-17-11(15)9(16)10(8)18-13(19-12)22-2/h6,21H,3-5,7H2,1-2H3/t14-/m1/s1. The lowest BCUT2D eigenvalue weighted by molar-refractivity contribution is 0.0447. The Hall–Kier alpha value is -1.18. The van der Waals surface area contributed by atoms with Gasteiger partial charge in [0.2, 0.25) is 0 Å². The third-order valence-corrected chi connectivity index (χ3v) is 4.57. The Kier molecular flexibility index (Phi) is 4.13. The fourth-order valence-corrected chi connectivity index (χ4v) is 3.23. The van der Waals surface area contributed by atoms with Crippen molar-refractivity contribution in [1.29, 1.82) is 0 Å². The van der Waals surface area contributed by atoms with E-state index in [9.17, 15) is 9.50 Å². The topological polar surface area (TPSA) is 62.1 Å². The zero-order chi connectivity index (χ0) is 15.9. The summed E-state index contributed by atoms with van der Waals surface area (Å²) in [6.07, 6.45) is 4.90. The van der Waals surface area contributed by atoms with Crippen molar-refractivity contribution in [3.05, 3.63) is 17.2 Å². The molecule has 0 bridgehead atoms. The van der Waals surface area contributed by atoms with E-state index in [-0.39, 0.29) is 10.7 Å². The molecule has 0 radical (unpaired) electrons. The Morgan fingerprint density at radius 2 is 2.23 bits per heavy atom. The monoisotopic (exact) mass is 342 g/mol. The van der Waals surface area contributed by atoms with E-state index in [0.29, 0.717) is 22.9 Å². The molecule has 22 heavy (non-hydrogen) atoms. The molecule has 1 aliphatic rings. The smallest absolute Gasteiger partial charge is 0.189 e. The van der Waals surface area contributed by atoms with Crippen molar-refractivity contribution in [3.63, 3.8) is 0 Å². The second-order valence-corrected chi connectivity index (χ2v) is 6.81. The van der Waals surface area contributed by atoms with Crippen LogP contribution in [0.25, 0.3) is 10.9 Å². The molecule has 3 rings (SSSR count). The summed E-state index contributed by atoms with van der Waals surface area (Å²) >= 11 is 7.09. The van der Waals surface area contributed by atoms with Gasteiger partial charge in [-0.3, -0.25) is 0 Å². The Bertz CT molecular complexity index is 728. The third kappa shape index (κ3) is 2.85. The van der Waals surface area contributed by atoms with Crippen LogP contribution in [0, 0.1) is 5.82 Å². The van der Waals surface area contributed by atoms with Crippen LogP contribution < -0.4 is 4.90 Å². The Labute approximate surface area is 136 Å². The molecular formula is C14H16ClFN4OS. The molecule has 1 fully saturated rings. The number of thioether (sulfide) groups is 1. The average molecular weight is 343 g/mol. The van der Waals surface area contributed by atoms with Crippen LogP contribution in [0.4, 0.5) is 10.2 Å². The lowest BCUT2D eigenvalue weighted by Gasteiger charge is -2.37. The van der Waals surface area contributed by atoms with E-state index >= 15 is 0 Å². The van der Waals surface area contributed by atoms with Crippen molar-refractivity contribution < 1.29 is 9.50 Å². The molecular weight excluding hydrogens is 327 g/mol. The van der Waals surface area contributed by atoms with E-state index in [4.69, 9.17) is 11.6 Å². The van der Waals surface area contributed by atoms with Crippen LogP contribution in [0.1, 0.15) is 19.8 Å². The van der Waals surface area contributed by atoms with E-state index in [0.717, 1.165) is 19.4 Å². The fourth-order valence-electron chi connectivity index (χ4n) is 2.73. The molecule has 0 saturated carbocycles. The summed E-state index contributed by atoms with van der Waals surface area (Å²) < 4.78 is 14.3. The SMILES string of the molecule is CSc1nc(N2CCC[C@@](C)(O)C2)c2cnc(Cl)c(F)c2n1. The number of pyridine rings is 1. The van der Waals surface area contributed by atoms with E-state index in [1.54, 1.807) is 6.92 Å². The van der Waals surface area contributed by atoms with Gasteiger partial charge in [0, 0.05) is 19.3 Å². The second-order valence-electron chi connectivity index (χ2n) is 5.68. The van der Waals surface area contributed by atoms with E-state index < -0.39 is 11.4 Å². The third-order valence-electron chi connectivity index (χ3n) is 3.76. The summed E-state index contributed by atoms with van der Waals surface area (Å²) in [6.45, 7) is 2.99. The predicted molar refractivity (Wildman–Crippen MR) is 86.2 cm³/mol. The summed E-state index contributed by atoms with van der Waals surface area (Å²) in [7, 11) is 0. The maximum Gasteiger partial charge on any atom is 0.189 e. The molecule has 2 aromatic heterocycles. The van der Waals surface area contributed by atoms with Gasteiger partial charge in [-0.15, -0.1) is 0 Å². The van der Waals surface area contributed by atoms with Crippen LogP contribution >= 0.6 is 23.4 Å². The molecule has 1 aliphatic heterocycles. The molecule has 1 N–H and O–H groups in total. The molecule has 2 aromatic rings. The number of piperidine rings is 1. The van der Waals surface area contributed by atoms with Gasteiger partial charge in [-0.1, -0.05) is 23.4 Å². The van der Waals surface area contributed by atoms with Gasteiger partial charge in [0.05, 0.1) is 11.0 Å². The van der Waals surface area contributed by atoms with E-state index in [1.165, 1.54) is 18.0 Å². The van der Waals surface area contributed by atoms with Gasteiger partial charge in [-0.25, -0.2) is 19.3 Å². The summed E-state index contributed by atoms with van der Waals surface area (Å²) in [4.78, 5) is 14.5. The number of β-amino-alcohol motifs (C(OH)–C–C–N with tert-alkyl or cyclic N) is 1. The molecule has 1 saturated heterocycles. The highest BCUT2D eigenvalue weighted by molar-refractivity contribution is 7.98. The highest BCUT2D eigenvalue weighted by atomic mass is 35.5. The van der Waals surface area contributed by atoms with Gasteiger partial charge >= 0.3 is 0 Å². The minimum Gasteiger partial charge on any atom is -0.388 e. The quantitative estimate of drug-likeness (QED) is 0.514. The molecule has 118 valence electrons. The summed E-state index contributed by atoms with van der Waals surface area (Å²) in [5.74, 6) is -0.0423. The van der Waals surface area contributed by atoms with Gasteiger partial charge in [0.25, 0.3) is 0 Å². The van der Waals surface area contributed by atoms with E-state index in [1.807, 2.05) is 11.2 Å². The molecule has 5 nitrogen and oxygen atoms in total. The molecule has 0 amide bonds. The predicted octanol–water partition coefficient (Wildman–Crippen LogP) is 2.89. The first-order chi connectivity index (χ1) is 10.4. The summed E-state index contributed by atoms with van der Waals surface area (Å²) in [6, 6.07) is 0. The van der Waals surface area contributed by atoms with Crippen molar-refractivity contribution in [1.82, 2.24) is 15.0 Å². The van der Waals surface area contributed by atoms with Crippen LogP contribution in [0.15, 0.2) is 11.4 Å². The number of fused-ring (bicyclic) bond motifs is 1. The molecule has 0 aromatic carbocycles. The lowest BCUT2D eigenvalue weighted by Crippen LogP contribution is -2.46. The van der Waals surface area contributed by atoms with Gasteiger partial charge < -0.3 is 10.0 Å². The van der Waals surface area contributed by atoms with Crippen LogP contribution in [0.2, 0.25) is 5.15 Å². The number of halogens is 2. The number of aliphatic hydroxyl groups is 1. The van der Waals surface area contributed by atoms with Crippen LogP contribution in [0.3, 0.4) is 0 Å². The Balaban J connectivity index is 2.17. The number of nitrogens with zero attached hydrogens (tertiary/aromatic N) is 4. The minimum atomic E-state index is -0.784. The number of hydrogen-bond acceptors (Lipinski definition) is 6. The van der Waals surface area contributed by atoms with Crippen molar-refractivity contribution in [2.24, 2.45) is 0 Å². The van der Waals surface area contributed by atoms with Crippen LogP contribution in [-0.4, -0.2) is 45.0 Å². The first-order valence-electron chi connectivity index (χ1n) is 6.94. The van der Waals surface area contributed by atoms with Crippen molar-refractivity contribution >= 4 is 40.1 Å². The first-order valence-corrected chi connectivity index (χ1v) is 8.54. The molecule has 0 unspecified atom stereocenters. The Morgan fingerprint density at radius 3 is 2.91 bits per heavy atom. The first kappa shape index (κ1) is 15.7. The van der Waals surface area contributed by atoms with Gasteiger partial charge in [-0.2, -0.15) is 0 Å². The summed E-state index contributed by atoms with van der Waals surface area (Å²) in [5.41, 5.74) is -0.618. The highest BCUT2D eigenvalue weighted by Crippen LogP contribution is 2.32. The normalized spacial score (nSPS) is 22.3. The van der Waals surface area contributed by atoms with Crippen LogP contribution in [-0.2, 0) is 0 Å². The fraction of sp³-hybridized carbons (Fsp3) is 0.500.